The Kier molecular flexibility index (Phi) is 6.64. The average Bonchev–Trinajstić information content (AvgIpc) is 2.37. The Hall–Kier alpha value is -0.250. The number of rotatable bonds is 5. The van der Waals surface area contributed by atoms with Gasteiger partial charge in [-0.05, 0) is 38.0 Å². The largest absolute Gasteiger partial charge is 0.335 e. The molecule has 0 spiro atoms. The highest BCUT2D eigenvalue weighted by Crippen LogP contribution is 2.24. The quantitative estimate of drug-likeness (QED) is 0.678. The third kappa shape index (κ3) is 4.66. The van der Waals surface area contributed by atoms with Gasteiger partial charge < -0.3 is 4.90 Å². The first-order valence-corrected chi connectivity index (χ1v) is 7.92. The summed E-state index contributed by atoms with van der Waals surface area (Å²) >= 11 is 15.3. The Morgan fingerprint density at radius 3 is 2.42 bits per heavy atom. The van der Waals surface area contributed by atoms with Crippen LogP contribution in [0.25, 0.3) is 0 Å². The Morgan fingerprint density at radius 2 is 1.95 bits per heavy atom. The molecule has 0 aliphatic heterocycles. The zero-order valence-corrected chi connectivity index (χ0v) is 14.4. The first-order chi connectivity index (χ1) is 8.86. The summed E-state index contributed by atoms with van der Waals surface area (Å²) in [5.41, 5.74) is 0.979. The smallest absolute Gasteiger partial charge is 0.236 e. The minimum Gasteiger partial charge on any atom is -0.335 e. The van der Waals surface area contributed by atoms with Crippen LogP contribution in [-0.4, -0.2) is 21.7 Å². The molecule has 0 aliphatic rings. The molecule has 0 aliphatic carbocycles. The van der Waals surface area contributed by atoms with Gasteiger partial charge in [-0.25, -0.2) is 0 Å². The van der Waals surface area contributed by atoms with Gasteiger partial charge in [0.25, 0.3) is 0 Å². The van der Waals surface area contributed by atoms with Crippen molar-refractivity contribution in [3.63, 3.8) is 0 Å². The van der Waals surface area contributed by atoms with Crippen molar-refractivity contribution in [1.82, 2.24) is 4.90 Å². The second kappa shape index (κ2) is 7.51. The van der Waals surface area contributed by atoms with Crippen molar-refractivity contribution in [2.24, 2.45) is 0 Å². The van der Waals surface area contributed by atoms with E-state index in [0.29, 0.717) is 16.6 Å². The fraction of sp³-hybridized carbons (Fsp3) is 0.500. The molecule has 1 aromatic carbocycles. The number of halogens is 3. The summed E-state index contributed by atoms with van der Waals surface area (Å²) in [7, 11) is 0. The third-order valence-electron chi connectivity index (χ3n) is 2.87. The number of alkyl halides is 1. The minimum absolute atomic E-state index is 0.101. The van der Waals surface area contributed by atoms with E-state index in [9.17, 15) is 4.79 Å². The van der Waals surface area contributed by atoms with Crippen molar-refractivity contribution >= 4 is 45.0 Å². The van der Waals surface area contributed by atoms with E-state index < -0.39 is 0 Å². The van der Waals surface area contributed by atoms with E-state index in [4.69, 9.17) is 23.2 Å². The number of hydrogen-bond donors (Lipinski definition) is 0. The van der Waals surface area contributed by atoms with Crippen LogP contribution < -0.4 is 0 Å². The van der Waals surface area contributed by atoms with Gasteiger partial charge in [0.05, 0.1) is 14.9 Å². The van der Waals surface area contributed by atoms with Gasteiger partial charge >= 0.3 is 0 Å². The number of carbonyl (C=O) groups excluding carboxylic acids is 1. The Labute approximate surface area is 133 Å². The molecule has 19 heavy (non-hydrogen) atoms. The summed E-state index contributed by atoms with van der Waals surface area (Å²) in [6.45, 7) is 6.53. The number of carbonyl (C=O) groups is 1. The van der Waals surface area contributed by atoms with Crippen LogP contribution in [0.1, 0.15) is 32.8 Å². The molecular weight excluding hydrogens is 349 g/mol. The van der Waals surface area contributed by atoms with Gasteiger partial charge in [0, 0.05) is 12.6 Å². The van der Waals surface area contributed by atoms with Crippen LogP contribution in [0.15, 0.2) is 18.2 Å². The van der Waals surface area contributed by atoms with Crippen molar-refractivity contribution < 1.29 is 4.79 Å². The van der Waals surface area contributed by atoms with Crippen molar-refractivity contribution in [1.29, 1.82) is 0 Å². The molecule has 1 aromatic rings. The van der Waals surface area contributed by atoms with Crippen molar-refractivity contribution in [2.75, 3.05) is 0 Å². The van der Waals surface area contributed by atoms with Gasteiger partial charge in [0.1, 0.15) is 0 Å². The second-order valence-corrected chi connectivity index (χ2v) is 6.60. The van der Waals surface area contributed by atoms with Gasteiger partial charge in [-0.1, -0.05) is 52.1 Å². The molecule has 106 valence electrons. The molecule has 0 bridgehead atoms. The standard InChI is InChI=1S/C14H18BrCl2NO/c1-4-11(15)14(19)18(9(2)3)8-10-5-6-12(16)13(17)7-10/h5-7,9,11H,4,8H2,1-3H3. The van der Waals surface area contributed by atoms with E-state index in [-0.39, 0.29) is 16.8 Å². The zero-order chi connectivity index (χ0) is 14.6. The lowest BCUT2D eigenvalue weighted by Gasteiger charge is -2.29. The maximum absolute atomic E-state index is 12.3. The van der Waals surface area contributed by atoms with Crippen LogP contribution in [0.4, 0.5) is 0 Å². The first-order valence-electron chi connectivity index (χ1n) is 6.25. The number of hydrogen-bond acceptors (Lipinski definition) is 1. The Morgan fingerprint density at radius 1 is 1.32 bits per heavy atom. The third-order valence-corrected chi connectivity index (χ3v) is 4.65. The molecule has 0 saturated carbocycles. The van der Waals surface area contributed by atoms with E-state index >= 15 is 0 Å². The van der Waals surface area contributed by atoms with Crippen LogP contribution in [0.3, 0.4) is 0 Å². The molecule has 2 nitrogen and oxygen atoms in total. The molecule has 0 N–H and O–H groups in total. The summed E-state index contributed by atoms with van der Waals surface area (Å²) in [4.78, 5) is 14.0. The second-order valence-electron chi connectivity index (χ2n) is 4.68. The van der Waals surface area contributed by atoms with Crippen LogP contribution >= 0.6 is 39.1 Å². The summed E-state index contributed by atoms with van der Waals surface area (Å²) in [6.07, 6.45) is 0.767. The summed E-state index contributed by atoms with van der Waals surface area (Å²) in [5, 5.41) is 1.04. The maximum Gasteiger partial charge on any atom is 0.236 e. The highest BCUT2D eigenvalue weighted by molar-refractivity contribution is 9.10. The predicted octanol–water partition coefficient (Wildman–Crippen LogP) is 4.90. The molecule has 1 unspecified atom stereocenters. The van der Waals surface area contributed by atoms with E-state index in [1.54, 1.807) is 6.07 Å². The molecule has 0 fully saturated rings. The molecule has 5 heteroatoms. The molecule has 1 amide bonds. The van der Waals surface area contributed by atoms with Crippen LogP contribution in [0, 0.1) is 0 Å². The molecule has 0 heterocycles. The number of benzene rings is 1. The van der Waals surface area contributed by atoms with Crippen LogP contribution in [0.2, 0.25) is 10.0 Å². The lowest BCUT2D eigenvalue weighted by atomic mass is 10.1. The van der Waals surface area contributed by atoms with Gasteiger partial charge in [0.2, 0.25) is 5.91 Å². The summed E-state index contributed by atoms with van der Waals surface area (Å²) in [5.74, 6) is 0.101. The molecule has 0 radical (unpaired) electrons. The van der Waals surface area contributed by atoms with E-state index in [1.165, 1.54) is 0 Å². The van der Waals surface area contributed by atoms with E-state index in [1.807, 2.05) is 37.8 Å². The lowest BCUT2D eigenvalue weighted by molar-refractivity contribution is -0.132. The minimum atomic E-state index is -0.141. The van der Waals surface area contributed by atoms with E-state index in [0.717, 1.165) is 12.0 Å². The van der Waals surface area contributed by atoms with Crippen molar-refractivity contribution in [3.05, 3.63) is 33.8 Å². The zero-order valence-electron chi connectivity index (χ0n) is 11.3. The lowest BCUT2D eigenvalue weighted by Crippen LogP contribution is -2.40. The van der Waals surface area contributed by atoms with Crippen LogP contribution in [0.5, 0.6) is 0 Å². The van der Waals surface area contributed by atoms with Crippen molar-refractivity contribution in [3.8, 4) is 0 Å². The average molecular weight is 367 g/mol. The molecule has 1 atom stereocenters. The summed E-state index contributed by atoms with van der Waals surface area (Å²) in [6, 6.07) is 5.59. The molecule has 0 saturated heterocycles. The molecule has 0 aromatic heterocycles. The molecular formula is C14H18BrCl2NO. The Bertz CT molecular complexity index is 451. The highest BCUT2D eigenvalue weighted by atomic mass is 79.9. The predicted molar refractivity (Wildman–Crippen MR) is 85.2 cm³/mol. The number of amides is 1. The Balaban J connectivity index is 2.90. The van der Waals surface area contributed by atoms with Crippen LogP contribution in [-0.2, 0) is 11.3 Å². The topological polar surface area (TPSA) is 20.3 Å². The summed E-state index contributed by atoms with van der Waals surface area (Å²) < 4.78 is 0. The molecule has 1 rings (SSSR count). The maximum atomic E-state index is 12.3. The van der Waals surface area contributed by atoms with Crippen molar-refractivity contribution in [2.45, 2.75) is 44.6 Å². The fourth-order valence-electron chi connectivity index (χ4n) is 1.70. The normalized spacial score (nSPS) is 12.6. The van der Waals surface area contributed by atoms with Gasteiger partial charge in [0.15, 0.2) is 0 Å². The van der Waals surface area contributed by atoms with Gasteiger partial charge in [-0.15, -0.1) is 0 Å². The monoisotopic (exact) mass is 365 g/mol. The van der Waals surface area contributed by atoms with E-state index in [2.05, 4.69) is 15.9 Å². The highest BCUT2D eigenvalue weighted by Gasteiger charge is 2.23. The fourth-order valence-corrected chi connectivity index (χ4v) is 2.29. The first kappa shape index (κ1) is 16.8. The number of nitrogens with zero attached hydrogens (tertiary/aromatic N) is 1. The SMILES string of the molecule is CCC(Br)C(=O)N(Cc1ccc(Cl)c(Cl)c1)C(C)C. The van der Waals surface area contributed by atoms with Gasteiger partial charge in [-0.3, -0.25) is 4.79 Å². The van der Waals surface area contributed by atoms with Gasteiger partial charge in [-0.2, -0.15) is 0 Å².